The second kappa shape index (κ2) is 10.6. The van der Waals surface area contributed by atoms with Crippen LogP contribution in [0.1, 0.15) is 57.7 Å². The molecule has 6 rings (SSSR count). The molecule has 3 aromatic carbocycles. The van der Waals surface area contributed by atoms with Gasteiger partial charge in [-0.25, -0.2) is 9.69 Å². The van der Waals surface area contributed by atoms with Crippen LogP contribution in [0.25, 0.3) is 0 Å². The maximum absolute atomic E-state index is 14.1. The van der Waals surface area contributed by atoms with Gasteiger partial charge in [-0.1, -0.05) is 37.6 Å². The number of hydrogen-bond acceptors (Lipinski definition) is 8. The van der Waals surface area contributed by atoms with Crippen molar-refractivity contribution in [2.24, 2.45) is 16.9 Å². The number of amides is 2. The predicted molar refractivity (Wildman–Crippen MR) is 151 cm³/mol. The van der Waals surface area contributed by atoms with E-state index in [-0.39, 0.29) is 5.78 Å². The van der Waals surface area contributed by atoms with Gasteiger partial charge in [-0.3, -0.25) is 19.4 Å². The van der Waals surface area contributed by atoms with Gasteiger partial charge in [0.05, 0.1) is 49.1 Å². The summed E-state index contributed by atoms with van der Waals surface area (Å²) in [4.78, 5) is 55.6. The molecule has 0 saturated carbocycles. The molecule has 0 unspecified atom stereocenters. The molecule has 0 aliphatic carbocycles. The summed E-state index contributed by atoms with van der Waals surface area (Å²) in [6.07, 6.45) is 3.35. The maximum Gasteiger partial charge on any atom is 0.338 e. The van der Waals surface area contributed by atoms with Crippen LogP contribution in [-0.4, -0.2) is 54.5 Å². The number of rotatable bonds is 8. The molecule has 4 atom stereocenters. The van der Waals surface area contributed by atoms with Crippen molar-refractivity contribution in [3.8, 4) is 5.75 Å². The van der Waals surface area contributed by atoms with E-state index in [1.54, 1.807) is 66.9 Å². The van der Waals surface area contributed by atoms with Crippen LogP contribution in [0.15, 0.2) is 77.9 Å². The second-order valence-electron chi connectivity index (χ2n) is 10.3. The van der Waals surface area contributed by atoms with Crippen molar-refractivity contribution in [1.29, 1.82) is 0 Å². The van der Waals surface area contributed by atoms with Crippen LogP contribution >= 0.6 is 0 Å². The monoisotopic (exact) mass is 551 g/mol. The van der Waals surface area contributed by atoms with Crippen molar-refractivity contribution < 1.29 is 28.7 Å². The number of anilines is 1. The largest absolute Gasteiger partial charge is 0.497 e. The number of nitrogens with zero attached hydrogens (tertiary/aromatic N) is 3. The zero-order valence-corrected chi connectivity index (χ0v) is 22.7. The molecule has 0 aromatic heterocycles. The molecule has 208 valence electrons. The topological polar surface area (TPSA) is 106 Å². The van der Waals surface area contributed by atoms with E-state index in [1.807, 2.05) is 31.2 Å². The Morgan fingerprint density at radius 2 is 1.56 bits per heavy atom. The first-order valence-electron chi connectivity index (χ1n) is 13.7. The van der Waals surface area contributed by atoms with Gasteiger partial charge >= 0.3 is 5.97 Å². The molecule has 3 aromatic rings. The van der Waals surface area contributed by atoms with Crippen LogP contribution in [0, 0.1) is 11.8 Å². The Morgan fingerprint density at radius 1 is 0.878 bits per heavy atom. The normalized spacial score (nSPS) is 22.3. The van der Waals surface area contributed by atoms with Gasteiger partial charge in [-0.2, -0.15) is 5.10 Å². The number of ether oxygens (including phenoxy) is 2. The molecule has 3 aliphatic heterocycles. The smallest absolute Gasteiger partial charge is 0.338 e. The number of imide groups is 1. The van der Waals surface area contributed by atoms with E-state index in [0.717, 1.165) is 28.9 Å². The molecule has 0 N–H and O–H groups in total. The Morgan fingerprint density at radius 3 is 2.27 bits per heavy atom. The number of Topliss-reactive ketones (excluding diaryl/α,β-unsaturated/α-hetero) is 1. The molecule has 9 nitrogen and oxygen atoms in total. The zero-order chi connectivity index (χ0) is 28.7. The molecule has 9 heteroatoms. The van der Waals surface area contributed by atoms with Crippen LogP contribution < -0.4 is 9.64 Å². The molecule has 41 heavy (non-hydrogen) atoms. The van der Waals surface area contributed by atoms with Crippen molar-refractivity contribution in [3.63, 3.8) is 0 Å². The van der Waals surface area contributed by atoms with Crippen LogP contribution in [-0.2, 0) is 14.3 Å². The molecule has 0 radical (unpaired) electrons. The lowest BCUT2D eigenvalue weighted by atomic mass is 9.83. The van der Waals surface area contributed by atoms with Crippen molar-refractivity contribution in [1.82, 2.24) is 5.01 Å². The third-order valence-electron chi connectivity index (χ3n) is 8.03. The quantitative estimate of drug-likeness (QED) is 0.177. The average molecular weight is 552 g/mol. The minimum atomic E-state index is -0.975. The standard InChI is InChI=1S/C32H29N3O6/c1-3-4-17-41-32(39)20-9-13-22(14-10-20)34-30(37)25-26(31(34)38)28(29(36)19-11-15-23(40-2)16-12-19)35-27(25)24-8-6-5-7-21(24)18-33-35/h5-16,18,25-28H,3-4,17H2,1-2H3/t25-,26+,27+,28-/m1/s1. The predicted octanol–water partition coefficient (Wildman–Crippen LogP) is 4.41. The van der Waals surface area contributed by atoms with E-state index in [0.29, 0.717) is 29.2 Å². The lowest BCUT2D eigenvalue weighted by Crippen LogP contribution is -2.44. The Labute approximate surface area is 237 Å². The molecular formula is C32H29N3O6. The number of unbranched alkanes of at least 4 members (excludes halogenated alkanes) is 1. The Kier molecular flexibility index (Phi) is 6.86. The first-order valence-corrected chi connectivity index (χ1v) is 13.7. The van der Waals surface area contributed by atoms with Crippen LogP contribution in [0.2, 0.25) is 0 Å². The van der Waals surface area contributed by atoms with Gasteiger partial charge < -0.3 is 9.47 Å². The summed E-state index contributed by atoms with van der Waals surface area (Å²) in [6.45, 7) is 2.34. The maximum atomic E-state index is 14.1. The summed E-state index contributed by atoms with van der Waals surface area (Å²) < 4.78 is 10.5. The van der Waals surface area contributed by atoms with Gasteiger partial charge in [-0.15, -0.1) is 0 Å². The van der Waals surface area contributed by atoms with Crippen molar-refractivity contribution in [3.05, 3.63) is 95.1 Å². The van der Waals surface area contributed by atoms with Crippen LogP contribution in [0.5, 0.6) is 5.75 Å². The number of carbonyl (C=O) groups excluding carboxylic acids is 4. The Bertz CT molecular complexity index is 1550. The molecule has 0 spiro atoms. The number of methoxy groups -OCH3 is 1. The summed E-state index contributed by atoms with van der Waals surface area (Å²) in [5.74, 6) is -2.77. The minimum Gasteiger partial charge on any atom is -0.497 e. The SMILES string of the molecule is CCCCOC(=O)c1ccc(N2C(=O)[C@@H]3[C@H](C2=O)[C@H](C(=O)c2ccc(OC)cc2)N2N=Cc4ccccc4[C@@H]32)cc1. The lowest BCUT2D eigenvalue weighted by Gasteiger charge is -2.33. The average Bonchev–Trinajstić information content (AvgIpc) is 3.49. The van der Waals surface area contributed by atoms with E-state index in [2.05, 4.69) is 5.10 Å². The van der Waals surface area contributed by atoms with E-state index in [9.17, 15) is 19.2 Å². The number of ketones is 1. The van der Waals surface area contributed by atoms with E-state index in [4.69, 9.17) is 9.47 Å². The molecule has 2 saturated heterocycles. The first-order chi connectivity index (χ1) is 19.9. The van der Waals surface area contributed by atoms with Gasteiger partial charge in [0.2, 0.25) is 11.8 Å². The highest BCUT2D eigenvalue weighted by atomic mass is 16.5. The van der Waals surface area contributed by atoms with Gasteiger partial charge in [0, 0.05) is 5.56 Å². The molecule has 2 amide bonds. The van der Waals surface area contributed by atoms with Crippen LogP contribution in [0.3, 0.4) is 0 Å². The highest BCUT2D eigenvalue weighted by Crippen LogP contribution is 2.53. The molecule has 2 fully saturated rings. The third kappa shape index (κ3) is 4.38. The van der Waals surface area contributed by atoms with Crippen molar-refractivity contribution in [2.75, 3.05) is 18.6 Å². The fourth-order valence-corrected chi connectivity index (χ4v) is 5.99. The molecule has 0 bridgehead atoms. The number of esters is 1. The zero-order valence-electron chi connectivity index (χ0n) is 22.7. The minimum absolute atomic E-state index is 0.296. The van der Waals surface area contributed by atoms with Crippen molar-refractivity contribution >= 4 is 35.5 Å². The van der Waals surface area contributed by atoms with Gasteiger partial charge in [0.15, 0.2) is 5.78 Å². The Hall–Kier alpha value is -4.79. The molecular weight excluding hydrogens is 522 g/mol. The van der Waals surface area contributed by atoms with Gasteiger partial charge in [-0.05, 0) is 66.1 Å². The number of carbonyl (C=O) groups is 4. The fourth-order valence-electron chi connectivity index (χ4n) is 5.99. The first kappa shape index (κ1) is 26.4. The fraction of sp³-hybridized carbons (Fsp3) is 0.281. The van der Waals surface area contributed by atoms with E-state index >= 15 is 0 Å². The Balaban J connectivity index is 1.36. The van der Waals surface area contributed by atoms with Crippen molar-refractivity contribution in [2.45, 2.75) is 31.8 Å². The molecule has 3 aliphatic rings. The van der Waals surface area contributed by atoms with E-state index < -0.39 is 41.7 Å². The summed E-state index contributed by atoms with van der Waals surface area (Å²) in [6, 6.07) is 18.9. The summed E-state index contributed by atoms with van der Waals surface area (Å²) in [5, 5.41) is 6.23. The summed E-state index contributed by atoms with van der Waals surface area (Å²) >= 11 is 0. The highest BCUT2D eigenvalue weighted by molar-refractivity contribution is 6.24. The van der Waals surface area contributed by atoms with E-state index in [1.165, 1.54) is 0 Å². The molecule has 3 heterocycles. The third-order valence-corrected chi connectivity index (χ3v) is 8.03. The number of hydrazone groups is 1. The number of fused-ring (bicyclic) bond motifs is 5. The second-order valence-corrected chi connectivity index (χ2v) is 10.3. The van der Waals surface area contributed by atoms with Gasteiger partial charge in [0.25, 0.3) is 0 Å². The summed E-state index contributed by atoms with van der Waals surface area (Å²) in [7, 11) is 1.54. The lowest BCUT2D eigenvalue weighted by molar-refractivity contribution is -0.124. The number of hydrogen-bond donors (Lipinski definition) is 0. The van der Waals surface area contributed by atoms with Crippen LogP contribution in [0.4, 0.5) is 5.69 Å². The summed E-state index contributed by atoms with van der Waals surface area (Å²) in [5.41, 5.74) is 2.76. The highest BCUT2D eigenvalue weighted by Gasteiger charge is 2.65. The van der Waals surface area contributed by atoms with Gasteiger partial charge in [0.1, 0.15) is 11.8 Å². The number of benzene rings is 3.